The summed E-state index contributed by atoms with van der Waals surface area (Å²) in [5.41, 5.74) is 0.438. The summed E-state index contributed by atoms with van der Waals surface area (Å²) in [4.78, 5) is 0. The molecule has 2 nitrogen and oxygen atoms in total. The highest BCUT2D eigenvalue weighted by Gasteiger charge is 2.14. The molecule has 21 heavy (non-hydrogen) atoms. The van der Waals surface area contributed by atoms with Gasteiger partial charge in [0.25, 0.3) is 0 Å². The van der Waals surface area contributed by atoms with Gasteiger partial charge < -0.3 is 10.4 Å². The van der Waals surface area contributed by atoms with Crippen LogP contribution in [0.2, 0.25) is 15.1 Å². The highest BCUT2D eigenvalue weighted by molar-refractivity contribution is 6.44. The van der Waals surface area contributed by atoms with E-state index >= 15 is 0 Å². The molecule has 0 aromatic heterocycles. The fourth-order valence-electron chi connectivity index (χ4n) is 1.75. The normalized spacial score (nSPS) is 12.3. The summed E-state index contributed by atoms with van der Waals surface area (Å²) < 4.78 is 26.3. The van der Waals surface area contributed by atoms with Crippen molar-refractivity contribution in [2.75, 3.05) is 11.9 Å². The van der Waals surface area contributed by atoms with Gasteiger partial charge in [-0.15, -0.1) is 0 Å². The number of halogens is 5. The molecule has 0 saturated carbocycles. The lowest BCUT2D eigenvalue weighted by molar-refractivity contribution is 0.186. The van der Waals surface area contributed by atoms with E-state index in [1.807, 2.05) is 0 Å². The molecule has 0 spiro atoms. The average Bonchev–Trinajstić information content (AvgIpc) is 2.41. The van der Waals surface area contributed by atoms with Crippen molar-refractivity contribution in [3.05, 3.63) is 62.6 Å². The Labute approximate surface area is 135 Å². The van der Waals surface area contributed by atoms with Gasteiger partial charge in [-0.3, -0.25) is 0 Å². The van der Waals surface area contributed by atoms with Crippen LogP contribution in [-0.4, -0.2) is 11.7 Å². The van der Waals surface area contributed by atoms with Crippen LogP contribution < -0.4 is 5.32 Å². The number of anilines is 1. The zero-order valence-corrected chi connectivity index (χ0v) is 12.8. The number of hydrogen-bond acceptors (Lipinski definition) is 2. The van der Waals surface area contributed by atoms with E-state index in [0.717, 1.165) is 6.07 Å². The second-order valence-electron chi connectivity index (χ2n) is 4.31. The minimum Gasteiger partial charge on any atom is -0.386 e. The maximum Gasteiger partial charge on any atom is 0.131 e. The summed E-state index contributed by atoms with van der Waals surface area (Å²) in [5.74, 6) is -1.52. The van der Waals surface area contributed by atoms with E-state index in [-0.39, 0.29) is 12.1 Å². The SMILES string of the molecule is OC(CNc1cc(Cl)c(Cl)cc1Cl)c1ccc(F)cc1F. The van der Waals surface area contributed by atoms with Crippen LogP contribution in [0.1, 0.15) is 11.7 Å². The molecule has 0 heterocycles. The molecule has 0 bridgehead atoms. The van der Waals surface area contributed by atoms with Crippen molar-refractivity contribution in [3.8, 4) is 0 Å². The third-order valence-corrected chi connectivity index (χ3v) is 3.85. The van der Waals surface area contributed by atoms with E-state index in [1.54, 1.807) is 0 Å². The Morgan fingerprint density at radius 3 is 2.33 bits per heavy atom. The fraction of sp³-hybridized carbons (Fsp3) is 0.143. The maximum atomic E-state index is 13.5. The first kappa shape index (κ1) is 16.3. The standard InChI is InChI=1S/C14H10Cl3F2NO/c15-9-4-11(17)13(5-10(9)16)20-6-14(21)8-2-1-7(18)3-12(8)19/h1-5,14,20-21H,6H2. The zero-order chi connectivity index (χ0) is 15.6. The molecule has 0 aliphatic carbocycles. The Morgan fingerprint density at radius 1 is 1.00 bits per heavy atom. The smallest absolute Gasteiger partial charge is 0.131 e. The summed E-state index contributed by atoms with van der Waals surface area (Å²) in [7, 11) is 0. The summed E-state index contributed by atoms with van der Waals surface area (Å²) in [5, 5.41) is 13.7. The maximum absolute atomic E-state index is 13.5. The van der Waals surface area contributed by atoms with Crippen LogP contribution in [0.4, 0.5) is 14.5 Å². The van der Waals surface area contributed by atoms with Crippen molar-refractivity contribution < 1.29 is 13.9 Å². The molecule has 0 fully saturated rings. The van der Waals surface area contributed by atoms with Crippen molar-refractivity contribution in [1.29, 1.82) is 0 Å². The molecule has 2 aromatic carbocycles. The number of aliphatic hydroxyl groups excluding tert-OH is 1. The lowest BCUT2D eigenvalue weighted by Gasteiger charge is -2.15. The molecule has 2 aromatic rings. The number of rotatable bonds is 4. The Bertz CT molecular complexity index is 667. The molecule has 2 N–H and O–H groups in total. The molecule has 112 valence electrons. The van der Waals surface area contributed by atoms with Crippen LogP contribution in [0.5, 0.6) is 0 Å². The topological polar surface area (TPSA) is 32.3 Å². The first-order valence-corrected chi connectivity index (χ1v) is 7.03. The van der Waals surface area contributed by atoms with E-state index in [9.17, 15) is 13.9 Å². The quantitative estimate of drug-likeness (QED) is 0.753. The largest absolute Gasteiger partial charge is 0.386 e. The summed E-state index contributed by atoms with van der Waals surface area (Å²) in [6.07, 6.45) is -1.17. The predicted octanol–water partition coefficient (Wildman–Crippen LogP) is 5.07. The summed E-state index contributed by atoms with van der Waals surface area (Å²) in [6, 6.07) is 5.94. The van der Waals surface area contributed by atoms with Gasteiger partial charge in [-0.1, -0.05) is 40.9 Å². The van der Waals surface area contributed by atoms with E-state index in [2.05, 4.69) is 5.32 Å². The Hall–Kier alpha value is -1.07. The Kier molecular flexibility index (Phi) is 5.27. The fourth-order valence-corrected chi connectivity index (χ4v) is 2.36. The molecule has 7 heteroatoms. The molecule has 2 rings (SSSR count). The first-order valence-electron chi connectivity index (χ1n) is 5.90. The van der Waals surface area contributed by atoms with Gasteiger partial charge in [0.15, 0.2) is 0 Å². The van der Waals surface area contributed by atoms with Crippen LogP contribution in [0.25, 0.3) is 0 Å². The molecule has 0 saturated heterocycles. The number of benzene rings is 2. The highest BCUT2D eigenvalue weighted by atomic mass is 35.5. The molecule has 1 atom stereocenters. The zero-order valence-electron chi connectivity index (χ0n) is 10.5. The molecule has 1 unspecified atom stereocenters. The third kappa shape index (κ3) is 3.98. The van der Waals surface area contributed by atoms with Crippen molar-refractivity contribution in [2.45, 2.75) is 6.10 Å². The van der Waals surface area contributed by atoms with Gasteiger partial charge in [0, 0.05) is 18.2 Å². The predicted molar refractivity (Wildman–Crippen MR) is 81.3 cm³/mol. The second kappa shape index (κ2) is 6.79. The summed E-state index contributed by atoms with van der Waals surface area (Å²) >= 11 is 17.6. The monoisotopic (exact) mass is 351 g/mol. The van der Waals surface area contributed by atoms with Crippen molar-refractivity contribution in [2.24, 2.45) is 0 Å². The van der Waals surface area contributed by atoms with Gasteiger partial charge in [-0.25, -0.2) is 8.78 Å². The molecule has 0 amide bonds. The minimum absolute atomic E-state index is 0.0138. The molecular weight excluding hydrogens is 343 g/mol. The van der Waals surface area contributed by atoms with Gasteiger partial charge in [-0.05, 0) is 18.2 Å². The Morgan fingerprint density at radius 2 is 1.67 bits per heavy atom. The van der Waals surface area contributed by atoms with Crippen molar-refractivity contribution in [3.63, 3.8) is 0 Å². The summed E-state index contributed by atoms with van der Waals surface area (Å²) in [6.45, 7) is -0.0275. The van der Waals surface area contributed by atoms with E-state index in [1.165, 1.54) is 18.2 Å². The molecular formula is C14H10Cl3F2NO. The van der Waals surface area contributed by atoms with Gasteiger partial charge in [-0.2, -0.15) is 0 Å². The van der Waals surface area contributed by atoms with Crippen molar-refractivity contribution in [1.82, 2.24) is 0 Å². The van der Waals surface area contributed by atoms with Gasteiger partial charge in [0.05, 0.1) is 26.9 Å². The van der Waals surface area contributed by atoms with E-state index in [0.29, 0.717) is 26.8 Å². The molecule has 0 aliphatic rings. The van der Waals surface area contributed by atoms with Crippen LogP contribution in [0, 0.1) is 11.6 Å². The first-order chi connectivity index (χ1) is 9.88. The molecule has 0 aliphatic heterocycles. The lowest BCUT2D eigenvalue weighted by atomic mass is 10.1. The number of aliphatic hydroxyl groups is 1. The van der Waals surface area contributed by atoms with E-state index < -0.39 is 17.7 Å². The number of hydrogen-bond donors (Lipinski definition) is 2. The van der Waals surface area contributed by atoms with Crippen LogP contribution in [-0.2, 0) is 0 Å². The molecule has 0 radical (unpaired) electrons. The Balaban J connectivity index is 2.11. The van der Waals surface area contributed by atoms with E-state index in [4.69, 9.17) is 34.8 Å². The van der Waals surface area contributed by atoms with Gasteiger partial charge in [0.1, 0.15) is 11.6 Å². The van der Waals surface area contributed by atoms with Crippen LogP contribution in [0.15, 0.2) is 30.3 Å². The minimum atomic E-state index is -1.17. The van der Waals surface area contributed by atoms with Gasteiger partial charge >= 0.3 is 0 Å². The second-order valence-corrected chi connectivity index (χ2v) is 5.53. The highest BCUT2D eigenvalue weighted by Crippen LogP contribution is 2.32. The van der Waals surface area contributed by atoms with Gasteiger partial charge in [0.2, 0.25) is 0 Å². The third-order valence-electron chi connectivity index (χ3n) is 2.82. The lowest BCUT2D eigenvalue weighted by Crippen LogP contribution is -2.14. The number of nitrogens with one attached hydrogen (secondary N) is 1. The van der Waals surface area contributed by atoms with Crippen molar-refractivity contribution >= 4 is 40.5 Å². The van der Waals surface area contributed by atoms with Crippen LogP contribution >= 0.6 is 34.8 Å². The average molecular weight is 353 g/mol. The van der Waals surface area contributed by atoms with Crippen LogP contribution in [0.3, 0.4) is 0 Å².